The predicted molar refractivity (Wildman–Crippen MR) is 94.9 cm³/mol. The molecule has 2 unspecified atom stereocenters. The second kappa shape index (κ2) is 9.09. The van der Waals surface area contributed by atoms with Gasteiger partial charge >= 0.3 is 11.9 Å². The molecule has 2 atom stereocenters. The summed E-state index contributed by atoms with van der Waals surface area (Å²) in [4.78, 5) is 40.2. The Labute approximate surface area is 157 Å². The van der Waals surface area contributed by atoms with E-state index in [0.717, 1.165) is 11.8 Å². The quantitative estimate of drug-likeness (QED) is 0.274. The molecule has 2 rings (SSSR count). The maximum Gasteiger partial charge on any atom is 0.352 e. The molecule has 1 aliphatic heterocycles. The molecular weight excluding hydrogens is 380 g/mol. The first-order valence-electron chi connectivity index (χ1n) is 7.61. The molecule has 6 N–H and O–H groups in total. The lowest BCUT2D eigenvalue weighted by Crippen LogP contribution is -2.56. The minimum atomic E-state index is -1.45. The van der Waals surface area contributed by atoms with Crippen molar-refractivity contribution in [2.45, 2.75) is 11.4 Å². The third kappa shape index (κ3) is 4.80. The van der Waals surface area contributed by atoms with Gasteiger partial charge in [-0.25, -0.2) is 9.59 Å². The van der Waals surface area contributed by atoms with E-state index in [9.17, 15) is 24.6 Å². The normalized spacial score (nSPS) is 18.4. The van der Waals surface area contributed by atoms with Crippen LogP contribution in [0.5, 0.6) is 0 Å². The Morgan fingerprint density at radius 1 is 1.52 bits per heavy atom. The highest BCUT2D eigenvalue weighted by atomic mass is 32.2. The molecule has 0 bridgehead atoms. The molecule has 0 radical (unpaired) electrons. The van der Waals surface area contributed by atoms with Gasteiger partial charge in [0.05, 0.1) is 6.26 Å². The number of hydrogen-bond acceptors (Lipinski definition) is 9. The first kappa shape index (κ1) is 20.3. The molecule has 146 valence electrons. The maximum absolute atomic E-state index is 12.5. The number of nitrogens with one attached hydrogen (secondary N) is 2. The SMILES string of the molecule is CO/N=C(/C(=O)NC(C(=O)O)C1NC(C(=O)O)=C(CN)CS1)c1ccco1. The van der Waals surface area contributed by atoms with Crippen LogP contribution in [0.1, 0.15) is 5.76 Å². The first-order chi connectivity index (χ1) is 12.9. The Kier molecular flexibility index (Phi) is 6.85. The van der Waals surface area contributed by atoms with Gasteiger partial charge in [0, 0.05) is 12.3 Å². The molecule has 1 aromatic rings. The molecule has 0 aromatic carbocycles. The second-order valence-corrected chi connectivity index (χ2v) is 6.38. The Morgan fingerprint density at radius 2 is 2.26 bits per heavy atom. The number of nitrogens with zero attached hydrogens (tertiary/aromatic N) is 1. The summed E-state index contributed by atoms with van der Waals surface area (Å²) in [5.74, 6) is -3.17. The van der Waals surface area contributed by atoms with Gasteiger partial charge in [0.2, 0.25) is 5.71 Å². The standard InChI is InChI=1S/C15H18N4O7S/c1-25-19-10(8-3-2-4-26-8)12(20)17-11(15(23)24)13-18-9(14(21)22)7(5-16)6-27-13/h2-4,11,13,18H,5-6,16H2,1H3,(H,17,20)(H,21,22)(H,23,24)/b19-10+. The molecule has 0 saturated carbocycles. The lowest BCUT2D eigenvalue weighted by Gasteiger charge is -2.31. The molecule has 1 amide bonds. The number of carboxylic acids is 2. The van der Waals surface area contributed by atoms with Crippen molar-refractivity contribution in [3.63, 3.8) is 0 Å². The van der Waals surface area contributed by atoms with Crippen LogP contribution in [0.2, 0.25) is 0 Å². The van der Waals surface area contributed by atoms with Gasteiger partial charge in [-0.15, -0.1) is 11.8 Å². The van der Waals surface area contributed by atoms with Crippen molar-refractivity contribution in [1.82, 2.24) is 10.6 Å². The van der Waals surface area contributed by atoms with Crippen LogP contribution in [0.4, 0.5) is 0 Å². The summed E-state index contributed by atoms with van der Waals surface area (Å²) in [5, 5.41) is 26.3. The van der Waals surface area contributed by atoms with Crippen LogP contribution in [0, 0.1) is 0 Å². The van der Waals surface area contributed by atoms with Crippen LogP contribution in [0.15, 0.2) is 39.2 Å². The van der Waals surface area contributed by atoms with Crippen LogP contribution < -0.4 is 16.4 Å². The summed E-state index contributed by atoms with van der Waals surface area (Å²) < 4.78 is 5.10. The number of aliphatic carboxylic acids is 2. The van der Waals surface area contributed by atoms with Crippen LogP contribution in [-0.2, 0) is 19.2 Å². The number of hydrogen-bond donors (Lipinski definition) is 5. The summed E-state index contributed by atoms with van der Waals surface area (Å²) in [6.45, 7) is 0.0155. The van der Waals surface area contributed by atoms with E-state index in [1.807, 2.05) is 0 Å². The third-order valence-electron chi connectivity index (χ3n) is 3.55. The highest BCUT2D eigenvalue weighted by Gasteiger charge is 2.36. The highest BCUT2D eigenvalue weighted by Crippen LogP contribution is 2.24. The molecule has 0 saturated heterocycles. The van der Waals surface area contributed by atoms with E-state index in [0.29, 0.717) is 5.57 Å². The number of oxime groups is 1. The number of carboxylic acid groups (broad SMARTS) is 2. The number of amides is 1. The van der Waals surface area contributed by atoms with Gasteiger partial charge in [0.15, 0.2) is 11.8 Å². The number of thioether (sulfide) groups is 1. The molecule has 0 spiro atoms. The molecule has 1 aliphatic rings. The van der Waals surface area contributed by atoms with Crippen molar-refractivity contribution in [3.8, 4) is 0 Å². The van der Waals surface area contributed by atoms with E-state index in [1.165, 1.54) is 25.5 Å². The number of carbonyl (C=O) groups is 3. The van der Waals surface area contributed by atoms with E-state index in [2.05, 4.69) is 20.6 Å². The van der Waals surface area contributed by atoms with Crippen LogP contribution in [0.25, 0.3) is 0 Å². The molecule has 11 nitrogen and oxygen atoms in total. The summed E-state index contributed by atoms with van der Waals surface area (Å²) >= 11 is 1.12. The topological polar surface area (TPSA) is 176 Å². The fraction of sp³-hybridized carbons (Fsp3) is 0.333. The number of carbonyl (C=O) groups excluding carboxylic acids is 1. The zero-order chi connectivity index (χ0) is 20.0. The van der Waals surface area contributed by atoms with E-state index in [1.54, 1.807) is 0 Å². The van der Waals surface area contributed by atoms with Gasteiger partial charge in [-0.05, 0) is 17.7 Å². The van der Waals surface area contributed by atoms with E-state index in [4.69, 9.17) is 10.2 Å². The summed E-state index contributed by atoms with van der Waals surface area (Å²) in [7, 11) is 1.22. The van der Waals surface area contributed by atoms with Gasteiger partial charge in [0.25, 0.3) is 5.91 Å². The van der Waals surface area contributed by atoms with Gasteiger partial charge < -0.3 is 35.8 Å². The third-order valence-corrected chi connectivity index (χ3v) is 4.81. The maximum atomic E-state index is 12.5. The fourth-order valence-corrected chi connectivity index (χ4v) is 3.50. The van der Waals surface area contributed by atoms with Gasteiger partial charge in [-0.1, -0.05) is 5.16 Å². The number of nitrogens with two attached hydrogens (primary N) is 1. The first-order valence-corrected chi connectivity index (χ1v) is 8.66. The van der Waals surface area contributed by atoms with Crippen molar-refractivity contribution in [3.05, 3.63) is 35.4 Å². The largest absolute Gasteiger partial charge is 0.480 e. The van der Waals surface area contributed by atoms with Crippen molar-refractivity contribution < 1.29 is 33.9 Å². The second-order valence-electron chi connectivity index (χ2n) is 5.25. The average Bonchev–Trinajstić information content (AvgIpc) is 3.17. The fourth-order valence-electron chi connectivity index (χ4n) is 2.28. The summed E-state index contributed by atoms with van der Waals surface area (Å²) in [6.07, 6.45) is 1.32. The predicted octanol–water partition coefficient (Wildman–Crippen LogP) is -0.841. The molecule has 12 heteroatoms. The van der Waals surface area contributed by atoms with E-state index >= 15 is 0 Å². The van der Waals surface area contributed by atoms with Crippen molar-refractivity contribution in [1.29, 1.82) is 0 Å². The molecule has 2 heterocycles. The molecular formula is C15H18N4O7S. The Bertz CT molecular complexity index is 775. The van der Waals surface area contributed by atoms with Crippen LogP contribution in [0.3, 0.4) is 0 Å². The summed E-state index contributed by atoms with van der Waals surface area (Å²) in [5.41, 5.74) is 5.54. The molecule has 0 aliphatic carbocycles. The molecule has 27 heavy (non-hydrogen) atoms. The van der Waals surface area contributed by atoms with E-state index < -0.39 is 29.3 Å². The van der Waals surface area contributed by atoms with Crippen LogP contribution in [-0.4, -0.2) is 64.6 Å². The molecule has 0 fully saturated rings. The zero-order valence-corrected chi connectivity index (χ0v) is 15.0. The Morgan fingerprint density at radius 3 is 2.78 bits per heavy atom. The highest BCUT2D eigenvalue weighted by molar-refractivity contribution is 8.00. The van der Waals surface area contributed by atoms with E-state index in [-0.39, 0.29) is 29.5 Å². The van der Waals surface area contributed by atoms with Crippen molar-refractivity contribution >= 4 is 35.3 Å². The van der Waals surface area contributed by atoms with Crippen molar-refractivity contribution in [2.24, 2.45) is 10.9 Å². The van der Waals surface area contributed by atoms with Gasteiger partial charge in [0.1, 0.15) is 18.2 Å². The minimum absolute atomic E-state index is 0.0155. The lowest BCUT2D eigenvalue weighted by molar-refractivity contribution is -0.141. The Balaban J connectivity index is 2.22. The zero-order valence-electron chi connectivity index (χ0n) is 14.2. The monoisotopic (exact) mass is 398 g/mol. The van der Waals surface area contributed by atoms with Gasteiger partial charge in [-0.3, -0.25) is 4.79 Å². The average molecular weight is 398 g/mol. The number of rotatable bonds is 8. The minimum Gasteiger partial charge on any atom is -0.480 e. The number of furan rings is 1. The smallest absolute Gasteiger partial charge is 0.352 e. The van der Waals surface area contributed by atoms with Crippen LogP contribution >= 0.6 is 11.8 Å². The lowest BCUT2D eigenvalue weighted by atomic mass is 10.2. The Hall–Kier alpha value is -2.99. The summed E-state index contributed by atoms with van der Waals surface area (Å²) in [6, 6.07) is 1.53. The van der Waals surface area contributed by atoms with Gasteiger partial charge in [-0.2, -0.15) is 0 Å². The van der Waals surface area contributed by atoms with Crippen molar-refractivity contribution in [2.75, 3.05) is 19.4 Å². The molecule has 1 aromatic heterocycles.